The van der Waals surface area contributed by atoms with Crippen molar-refractivity contribution < 1.29 is 9.18 Å². The number of amides is 1. The van der Waals surface area contributed by atoms with E-state index >= 15 is 0 Å². The number of hydrogen-bond acceptors (Lipinski definition) is 3. The SMILES string of the molecule is CCN1c2ccc(/C=N/NC(=O)c3ccccc3F)cc2C(C)=CC1(C)C. The third kappa shape index (κ3) is 3.77. The summed E-state index contributed by atoms with van der Waals surface area (Å²) in [5.74, 6) is -1.14. The number of nitrogens with one attached hydrogen (secondary N) is 1. The molecule has 1 aliphatic rings. The van der Waals surface area contributed by atoms with Gasteiger partial charge in [-0.05, 0) is 63.1 Å². The van der Waals surface area contributed by atoms with Crippen LogP contribution in [-0.2, 0) is 0 Å². The molecule has 0 unspecified atom stereocenters. The van der Waals surface area contributed by atoms with Gasteiger partial charge in [0.2, 0.25) is 0 Å². The molecule has 0 aliphatic carbocycles. The molecule has 0 aromatic heterocycles. The number of hydrogen-bond donors (Lipinski definition) is 1. The van der Waals surface area contributed by atoms with Gasteiger partial charge >= 0.3 is 0 Å². The van der Waals surface area contributed by atoms with Gasteiger partial charge in [-0.2, -0.15) is 5.10 Å². The third-order valence-electron chi connectivity index (χ3n) is 4.82. The van der Waals surface area contributed by atoms with Gasteiger partial charge in [0, 0.05) is 17.8 Å². The van der Waals surface area contributed by atoms with Crippen molar-refractivity contribution in [1.82, 2.24) is 5.43 Å². The molecule has 0 bridgehead atoms. The molecule has 1 aliphatic heterocycles. The van der Waals surface area contributed by atoms with Crippen LogP contribution in [0.1, 0.15) is 49.2 Å². The first-order chi connectivity index (χ1) is 12.8. The Bertz CT molecular complexity index is 931. The maximum atomic E-state index is 13.6. The molecule has 0 fully saturated rings. The maximum absolute atomic E-state index is 13.6. The first-order valence-corrected chi connectivity index (χ1v) is 9.03. The number of hydrazone groups is 1. The first-order valence-electron chi connectivity index (χ1n) is 9.03. The van der Waals surface area contributed by atoms with Gasteiger partial charge in [0.1, 0.15) is 5.82 Å². The Morgan fingerprint density at radius 3 is 2.70 bits per heavy atom. The van der Waals surface area contributed by atoms with Crippen molar-refractivity contribution in [3.63, 3.8) is 0 Å². The molecule has 0 saturated carbocycles. The van der Waals surface area contributed by atoms with E-state index in [0.717, 1.165) is 17.7 Å². The third-order valence-corrected chi connectivity index (χ3v) is 4.82. The highest BCUT2D eigenvalue weighted by molar-refractivity contribution is 5.95. The van der Waals surface area contributed by atoms with Crippen LogP contribution in [0.25, 0.3) is 5.57 Å². The van der Waals surface area contributed by atoms with Gasteiger partial charge in [-0.15, -0.1) is 0 Å². The lowest BCUT2D eigenvalue weighted by atomic mass is 9.88. The second-order valence-electron chi connectivity index (χ2n) is 7.18. The summed E-state index contributed by atoms with van der Waals surface area (Å²) in [7, 11) is 0. The van der Waals surface area contributed by atoms with Crippen molar-refractivity contribution in [3.05, 3.63) is 71.0 Å². The standard InChI is InChI=1S/C22H24FN3O/c1-5-26-20-11-10-16(12-18(20)15(2)13-22(26,3)4)14-24-25-21(27)17-8-6-7-9-19(17)23/h6-14H,5H2,1-4H3,(H,25,27)/b24-14+. The number of carbonyl (C=O) groups excluding carboxylic acids is 1. The summed E-state index contributed by atoms with van der Waals surface area (Å²) in [6.45, 7) is 9.57. The van der Waals surface area contributed by atoms with Crippen molar-refractivity contribution >= 4 is 23.4 Å². The van der Waals surface area contributed by atoms with Crippen molar-refractivity contribution in [2.24, 2.45) is 5.10 Å². The molecular formula is C22H24FN3O. The van der Waals surface area contributed by atoms with E-state index in [-0.39, 0.29) is 11.1 Å². The van der Waals surface area contributed by atoms with Crippen LogP contribution in [0.5, 0.6) is 0 Å². The maximum Gasteiger partial charge on any atom is 0.274 e. The van der Waals surface area contributed by atoms with Gasteiger partial charge in [-0.1, -0.05) is 24.3 Å². The molecule has 1 heterocycles. The predicted molar refractivity (Wildman–Crippen MR) is 109 cm³/mol. The molecule has 0 atom stereocenters. The zero-order valence-electron chi connectivity index (χ0n) is 16.1. The number of benzene rings is 2. The van der Waals surface area contributed by atoms with E-state index < -0.39 is 11.7 Å². The Labute approximate surface area is 159 Å². The van der Waals surface area contributed by atoms with E-state index in [1.54, 1.807) is 18.3 Å². The Morgan fingerprint density at radius 2 is 2.00 bits per heavy atom. The molecule has 2 aromatic carbocycles. The van der Waals surface area contributed by atoms with Crippen LogP contribution in [0.4, 0.5) is 10.1 Å². The number of anilines is 1. The van der Waals surface area contributed by atoms with Crippen LogP contribution in [-0.4, -0.2) is 24.2 Å². The molecule has 140 valence electrons. The van der Waals surface area contributed by atoms with E-state index in [9.17, 15) is 9.18 Å². The number of carbonyl (C=O) groups is 1. The van der Waals surface area contributed by atoms with Crippen LogP contribution < -0.4 is 10.3 Å². The molecule has 4 nitrogen and oxygen atoms in total. The molecule has 0 radical (unpaired) electrons. The number of allylic oxidation sites excluding steroid dienone is 1. The molecule has 5 heteroatoms. The Balaban J connectivity index is 1.80. The van der Waals surface area contributed by atoms with Crippen molar-refractivity contribution in [2.75, 3.05) is 11.4 Å². The van der Waals surface area contributed by atoms with Crippen LogP contribution in [0.2, 0.25) is 0 Å². The number of rotatable bonds is 4. The summed E-state index contributed by atoms with van der Waals surface area (Å²) in [4.78, 5) is 14.4. The van der Waals surface area contributed by atoms with Gasteiger partial charge in [0.15, 0.2) is 0 Å². The minimum Gasteiger partial charge on any atom is -0.363 e. The largest absolute Gasteiger partial charge is 0.363 e. The summed E-state index contributed by atoms with van der Waals surface area (Å²) >= 11 is 0. The van der Waals surface area contributed by atoms with Gasteiger partial charge in [-0.25, -0.2) is 9.82 Å². The van der Waals surface area contributed by atoms with Crippen LogP contribution in [0.3, 0.4) is 0 Å². The second kappa shape index (κ2) is 7.35. The quantitative estimate of drug-likeness (QED) is 0.635. The van der Waals surface area contributed by atoms with Crippen molar-refractivity contribution in [3.8, 4) is 0 Å². The Morgan fingerprint density at radius 1 is 1.26 bits per heavy atom. The molecular weight excluding hydrogens is 341 g/mol. The zero-order chi connectivity index (χ0) is 19.6. The highest BCUT2D eigenvalue weighted by Gasteiger charge is 2.29. The van der Waals surface area contributed by atoms with E-state index in [2.05, 4.69) is 61.3 Å². The molecule has 1 amide bonds. The lowest BCUT2D eigenvalue weighted by molar-refractivity contribution is 0.0951. The predicted octanol–water partition coefficient (Wildman–Crippen LogP) is 4.61. The zero-order valence-corrected chi connectivity index (χ0v) is 16.1. The van der Waals surface area contributed by atoms with E-state index in [1.807, 2.05) is 6.07 Å². The number of likely N-dealkylation sites (N-methyl/N-ethyl adjacent to an activating group) is 1. The monoisotopic (exact) mass is 365 g/mol. The smallest absolute Gasteiger partial charge is 0.274 e. The van der Waals surface area contributed by atoms with Gasteiger partial charge in [0.05, 0.1) is 17.3 Å². The Hall–Kier alpha value is -2.95. The van der Waals surface area contributed by atoms with Crippen molar-refractivity contribution in [1.29, 1.82) is 0 Å². The Kier molecular flexibility index (Phi) is 5.13. The molecule has 3 rings (SSSR count). The van der Waals surface area contributed by atoms with Crippen LogP contribution >= 0.6 is 0 Å². The average molecular weight is 365 g/mol. The molecule has 2 aromatic rings. The second-order valence-corrected chi connectivity index (χ2v) is 7.18. The summed E-state index contributed by atoms with van der Waals surface area (Å²) in [5, 5.41) is 3.98. The minimum absolute atomic E-state index is 0.0281. The summed E-state index contributed by atoms with van der Waals surface area (Å²) < 4.78 is 13.6. The lowest BCUT2D eigenvalue weighted by Crippen LogP contribution is -2.44. The summed E-state index contributed by atoms with van der Waals surface area (Å²) in [6.07, 6.45) is 3.84. The first kappa shape index (κ1) is 18.8. The molecule has 0 spiro atoms. The van der Waals surface area contributed by atoms with E-state index in [4.69, 9.17) is 0 Å². The van der Waals surface area contributed by atoms with Crippen LogP contribution in [0.15, 0.2) is 53.6 Å². The highest BCUT2D eigenvalue weighted by Crippen LogP contribution is 2.38. The minimum atomic E-state index is -0.572. The fourth-order valence-corrected chi connectivity index (χ4v) is 3.63. The lowest BCUT2D eigenvalue weighted by Gasteiger charge is -2.42. The summed E-state index contributed by atoms with van der Waals surface area (Å²) in [5.41, 5.74) is 6.74. The topological polar surface area (TPSA) is 44.7 Å². The number of nitrogens with zero attached hydrogens (tertiary/aromatic N) is 2. The van der Waals surface area contributed by atoms with Gasteiger partial charge in [-0.3, -0.25) is 4.79 Å². The van der Waals surface area contributed by atoms with Gasteiger partial charge < -0.3 is 4.90 Å². The fourth-order valence-electron chi connectivity index (χ4n) is 3.63. The van der Waals surface area contributed by atoms with Crippen LogP contribution in [0, 0.1) is 5.82 Å². The summed E-state index contributed by atoms with van der Waals surface area (Å²) in [6, 6.07) is 11.9. The van der Waals surface area contributed by atoms with Crippen molar-refractivity contribution in [2.45, 2.75) is 33.2 Å². The normalized spacial score (nSPS) is 15.4. The number of halogens is 1. The average Bonchev–Trinajstić information content (AvgIpc) is 2.62. The number of fused-ring (bicyclic) bond motifs is 1. The highest BCUT2D eigenvalue weighted by atomic mass is 19.1. The van der Waals surface area contributed by atoms with E-state index in [0.29, 0.717) is 0 Å². The van der Waals surface area contributed by atoms with E-state index in [1.165, 1.54) is 23.4 Å². The molecule has 1 N–H and O–H groups in total. The fraction of sp³-hybridized carbons (Fsp3) is 0.273. The van der Waals surface area contributed by atoms with Gasteiger partial charge in [0.25, 0.3) is 5.91 Å². The molecule has 27 heavy (non-hydrogen) atoms. The molecule has 0 saturated heterocycles.